The summed E-state index contributed by atoms with van der Waals surface area (Å²) >= 11 is 5.98. The van der Waals surface area contributed by atoms with Gasteiger partial charge in [-0.25, -0.2) is 9.97 Å². The molecule has 0 unspecified atom stereocenters. The molecular formula is C20H19ClN4O. The molecule has 0 aliphatic rings. The Morgan fingerprint density at radius 2 is 1.77 bits per heavy atom. The van der Waals surface area contributed by atoms with E-state index >= 15 is 0 Å². The fourth-order valence-electron chi connectivity index (χ4n) is 2.39. The second-order valence-corrected chi connectivity index (χ2v) is 6.32. The topological polar surface area (TPSA) is 66.9 Å². The van der Waals surface area contributed by atoms with E-state index in [1.165, 1.54) is 18.0 Å². The second-order valence-electron chi connectivity index (χ2n) is 5.88. The van der Waals surface area contributed by atoms with E-state index in [0.717, 1.165) is 17.7 Å². The Balaban J connectivity index is 1.68. The average Bonchev–Trinajstić information content (AvgIpc) is 2.66. The first-order chi connectivity index (χ1) is 12.5. The summed E-state index contributed by atoms with van der Waals surface area (Å²) in [5, 5.41) is 6.51. The third-order valence-corrected chi connectivity index (χ3v) is 4.22. The van der Waals surface area contributed by atoms with Crippen LogP contribution in [0.5, 0.6) is 0 Å². The summed E-state index contributed by atoms with van der Waals surface area (Å²) in [5.41, 5.74) is 4.13. The number of anilines is 3. The molecule has 2 aromatic carbocycles. The van der Waals surface area contributed by atoms with Gasteiger partial charge in [-0.15, -0.1) is 0 Å². The van der Waals surface area contributed by atoms with E-state index in [1.54, 1.807) is 12.1 Å². The first kappa shape index (κ1) is 17.9. The molecule has 0 radical (unpaired) electrons. The zero-order valence-electron chi connectivity index (χ0n) is 14.6. The highest BCUT2D eigenvalue weighted by atomic mass is 35.5. The van der Waals surface area contributed by atoms with E-state index in [1.807, 2.05) is 25.1 Å². The number of halogens is 1. The lowest BCUT2D eigenvalue weighted by molar-refractivity contribution is 0.102. The zero-order valence-corrected chi connectivity index (χ0v) is 15.3. The van der Waals surface area contributed by atoms with Crippen molar-refractivity contribution in [1.29, 1.82) is 0 Å². The first-order valence-electron chi connectivity index (χ1n) is 8.30. The molecule has 0 aliphatic carbocycles. The largest absolute Gasteiger partial charge is 0.324 e. The molecule has 0 saturated carbocycles. The summed E-state index contributed by atoms with van der Waals surface area (Å²) in [6, 6.07) is 13.4. The van der Waals surface area contributed by atoms with Crippen LogP contribution in [0.15, 0.2) is 54.9 Å². The smallest absolute Gasteiger partial charge is 0.258 e. The summed E-state index contributed by atoms with van der Waals surface area (Å²) < 4.78 is 0. The van der Waals surface area contributed by atoms with Crippen LogP contribution in [0.25, 0.3) is 0 Å². The highest BCUT2D eigenvalue weighted by molar-refractivity contribution is 6.31. The number of benzene rings is 2. The van der Waals surface area contributed by atoms with E-state index in [0.29, 0.717) is 22.2 Å². The lowest BCUT2D eigenvalue weighted by atomic mass is 10.1. The minimum atomic E-state index is -0.283. The lowest BCUT2D eigenvalue weighted by Crippen LogP contribution is -2.14. The van der Waals surface area contributed by atoms with Crippen LogP contribution in [0, 0.1) is 6.92 Å². The molecule has 0 aliphatic heterocycles. The summed E-state index contributed by atoms with van der Waals surface area (Å²) in [6.07, 6.45) is 3.97. The number of hydrogen-bond donors (Lipinski definition) is 2. The molecule has 6 heteroatoms. The van der Waals surface area contributed by atoms with Gasteiger partial charge in [0.15, 0.2) is 0 Å². The molecule has 1 heterocycles. The Morgan fingerprint density at radius 1 is 1.08 bits per heavy atom. The van der Waals surface area contributed by atoms with Gasteiger partial charge in [-0.2, -0.15) is 0 Å². The molecule has 0 spiro atoms. The lowest BCUT2D eigenvalue weighted by Gasteiger charge is -2.09. The third kappa shape index (κ3) is 4.37. The Kier molecular flexibility index (Phi) is 5.49. The van der Waals surface area contributed by atoms with E-state index in [4.69, 9.17) is 11.6 Å². The standard InChI is InChI=1S/C20H19ClN4O/c1-3-14-5-8-17(9-6-14)24-20-22-11-15(12-23-20)19(26)25-18-10-16(21)7-4-13(18)2/h4-12H,3H2,1-2H3,(H,25,26)(H,22,23,24). The normalized spacial score (nSPS) is 10.4. The highest BCUT2D eigenvalue weighted by Crippen LogP contribution is 2.21. The van der Waals surface area contributed by atoms with Gasteiger partial charge in [0.2, 0.25) is 5.95 Å². The fraction of sp³-hybridized carbons (Fsp3) is 0.150. The van der Waals surface area contributed by atoms with Crippen molar-refractivity contribution in [2.24, 2.45) is 0 Å². The van der Waals surface area contributed by atoms with Crippen molar-refractivity contribution in [3.8, 4) is 0 Å². The van der Waals surface area contributed by atoms with Crippen LogP contribution in [0.2, 0.25) is 5.02 Å². The molecular weight excluding hydrogens is 348 g/mol. The molecule has 0 atom stereocenters. The summed E-state index contributed by atoms with van der Waals surface area (Å²) in [4.78, 5) is 20.8. The monoisotopic (exact) mass is 366 g/mol. The minimum absolute atomic E-state index is 0.283. The number of amides is 1. The van der Waals surface area contributed by atoms with E-state index in [-0.39, 0.29) is 5.91 Å². The van der Waals surface area contributed by atoms with Crippen LogP contribution in [-0.4, -0.2) is 15.9 Å². The predicted octanol–water partition coefficient (Wildman–Crippen LogP) is 5.00. The molecule has 1 amide bonds. The molecule has 5 nitrogen and oxygen atoms in total. The van der Waals surface area contributed by atoms with Gasteiger partial charge >= 0.3 is 0 Å². The number of hydrogen-bond acceptors (Lipinski definition) is 4. The van der Waals surface area contributed by atoms with Gasteiger partial charge in [-0.05, 0) is 48.7 Å². The Labute approximate surface area is 157 Å². The quantitative estimate of drug-likeness (QED) is 0.667. The van der Waals surface area contributed by atoms with E-state index in [2.05, 4.69) is 39.7 Å². The molecule has 0 saturated heterocycles. The number of aryl methyl sites for hydroxylation is 2. The third-order valence-electron chi connectivity index (χ3n) is 3.98. The average molecular weight is 367 g/mol. The van der Waals surface area contributed by atoms with Gasteiger partial charge < -0.3 is 10.6 Å². The Morgan fingerprint density at radius 3 is 2.42 bits per heavy atom. The van der Waals surface area contributed by atoms with Crippen molar-refractivity contribution in [2.45, 2.75) is 20.3 Å². The Bertz CT molecular complexity index is 908. The highest BCUT2D eigenvalue weighted by Gasteiger charge is 2.10. The van der Waals surface area contributed by atoms with Crippen LogP contribution in [0.1, 0.15) is 28.4 Å². The molecule has 0 fully saturated rings. The molecule has 3 aromatic rings. The van der Waals surface area contributed by atoms with Crippen molar-refractivity contribution >= 4 is 34.8 Å². The van der Waals surface area contributed by atoms with Crippen LogP contribution < -0.4 is 10.6 Å². The van der Waals surface area contributed by atoms with Crippen molar-refractivity contribution in [3.63, 3.8) is 0 Å². The maximum Gasteiger partial charge on any atom is 0.258 e. The maximum atomic E-state index is 12.4. The zero-order chi connectivity index (χ0) is 18.5. The number of aromatic nitrogens is 2. The molecule has 0 bridgehead atoms. The van der Waals surface area contributed by atoms with E-state index < -0.39 is 0 Å². The summed E-state index contributed by atoms with van der Waals surface area (Å²) in [6.45, 7) is 4.01. The summed E-state index contributed by atoms with van der Waals surface area (Å²) in [7, 11) is 0. The first-order valence-corrected chi connectivity index (χ1v) is 8.68. The van der Waals surface area contributed by atoms with Gasteiger partial charge in [-0.1, -0.05) is 36.7 Å². The molecule has 1 aromatic heterocycles. The predicted molar refractivity (Wildman–Crippen MR) is 105 cm³/mol. The number of carbonyl (C=O) groups excluding carboxylic acids is 1. The summed E-state index contributed by atoms with van der Waals surface area (Å²) in [5.74, 6) is 0.152. The van der Waals surface area contributed by atoms with Crippen molar-refractivity contribution in [2.75, 3.05) is 10.6 Å². The number of nitrogens with one attached hydrogen (secondary N) is 2. The van der Waals surface area contributed by atoms with Crippen LogP contribution in [0.4, 0.5) is 17.3 Å². The number of rotatable bonds is 5. The van der Waals surface area contributed by atoms with Gasteiger partial charge in [-0.3, -0.25) is 4.79 Å². The van der Waals surface area contributed by atoms with Crippen molar-refractivity contribution in [1.82, 2.24) is 9.97 Å². The molecule has 3 rings (SSSR count). The molecule has 132 valence electrons. The van der Waals surface area contributed by atoms with Crippen LogP contribution in [0.3, 0.4) is 0 Å². The molecule has 2 N–H and O–H groups in total. The second kappa shape index (κ2) is 7.97. The Hall–Kier alpha value is -2.92. The minimum Gasteiger partial charge on any atom is -0.324 e. The maximum absolute atomic E-state index is 12.4. The van der Waals surface area contributed by atoms with Gasteiger partial charge in [0, 0.05) is 28.8 Å². The molecule has 26 heavy (non-hydrogen) atoms. The van der Waals surface area contributed by atoms with Gasteiger partial charge in [0.1, 0.15) is 0 Å². The van der Waals surface area contributed by atoms with Gasteiger partial charge in [0.25, 0.3) is 5.91 Å². The van der Waals surface area contributed by atoms with E-state index in [9.17, 15) is 4.79 Å². The number of carbonyl (C=O) groups is 1. The number of nitrogens with zero attached hydrogens (tertiary/aromatic N) is 2. The van der Waals surface area contributed by atoms with Crippen LogP contribution >= 0.6 is 11.6 Å². The fourth-order valence-corrected chi connectivity index (χ4v) is 2.56. The van der Waals surface area contributed by atoms with Crippen molar-refractivity contribution < 1.29 is 4.79 Å². The van der Waals surface area contributed by atoms with Crippen molar-refractivity contribution in [3.05, 3.63) is 76.6 Å². The van der Waals surface area contributed by atoms with Gasteiger partial charge in [0.05, 0.1) is 5.56 Å². The van der Waals surface area contributed by atoms with Crippen LogP contribution in [-0.2, 0) is 6.42 Å². The SMILES string of the molecule is CCc1ccc(Nc2ncc(C(=O)Nc3cc(Cl)ccc3C)cn2)cc1.